The van der Waals surface area contributed by atoms with Gasteiger partial charge in [0, 0.05) is 24.9 Å². The van der Waals surface area contributed by atoms with Gasteiger partial charge in [0.05, 0.1) is 18.1 Å². The Balaban J connectivity index is 1.72. The summed E-state index contributed by atoms with van der Waals surface area (Å²) in [5, 5.41) is 2.80. The molecule has 0 aromatic heterocycles. The SMILES string of the molecule is Cc1ccc(S(=O)(=O)N2CCOCC2)cc1NC(=O)/C=C/c1ccc(C(C)(C)C)cc1. The number of carbonyl (C=O) groups excluding carboxylic acids is 1. The highest BCUT2D eigenvalue weighted by Gasteiger charge is 2.26. The summed E-state index contributed by atoms with van der Waals surface area (Å²) in [6.07, 6.45) is 3.19. The van der Waals surface area contributed by atoms with Crippen molar-refractivity contribution >= 4 is 27.7 Å². The molecule has 6 nitrogen and oxygen atoms in total. The molecule has 0 unspecified atom stereocenters. The molecule has 3 rings (SSSR count). The van der Waals surface area contributed by atoms with Gasteiger partial charge >= 0.3 is 0 Å². The zero-order valence-corrected chi connectivity index (χ0v) is 19.3. The predicted molar refractivity (Wildman–Crippen MR) is 124 cm³/mol. The van der Waals surface area contributed by atoms with Crippen LogP contribution >= 0.6 is 0 Å². The lowest BCUT2D eigenvalue weighted by molar-refractivity contribution is -0.111. The van der Waals surface area contributed by atoms with Gasteiger partial charge in [-0.2, -0.15) is 4.31 Å². The van der Waals surface area contributed by atoms with Gasteiger partial charge in [-0.25, -0.2) is 8.42 Å². The number of sulfonamides is 1. The van der Waals surface area contributed by atoms with Gasteiger partial charge < -0.3 is 10.1 Å². The fourth-order valence-corrected chi connectivity index (χ4v) is 4.71. The van der Waals surface area contributed by atoms with Crippen LogP contribution < -0.4 is 5.32 Å². The molecule has 0 aliphatic carbocycles. The Kier molecular flexibility index (Phi) is 6.99. The first-order valence-corrected chi connectivity index (χ1v) is 11.8. The molecule has 1 aliphatic heterocycles. The van der Waals surface area contributed by atoms with Crippen LogP contribution in [-0.4, -0.2) is 44.9 Å². The summed E-state index contributed by atoms with van der Waals surface area (Å²) in [7, 11) is -3.62. The number of morpholine rings is 1. The molecule has 166 valence electrons. The van der Waals surface area contributed by atoms with Crippen molar-refractivity contribution in [1.82, 2.24) is 4.31 Å². The Hall–Kier alpha value is -2.48. The van der Waals surface area contributed by atoms with Crippen molar-refractivity contribution in [2.24, 2.45) is 0 Å². The van der Waals surface area contributed by atoms with Gasteiger partial charge in [0.15, 0.2) is 0 Å². The molecule has 1 aliphatic rings. The first-order valence-electron chi connectivity index (χ1n) is 10.4. The van der Waals surface area contributed by atoms with Gasteiger partial charge in [0.2, 0.25) is 15.9 Å². The molecule has 1 saturated heterocycles. The molecule has 7 heteroatoms. The van der Waals surface area contributed by atoms with E-state index in [2.05, 4.69) is 38.2 Å². The third-order valence-corrected chi connectivity index (χ3v) is 7.17. The van der Waals surface area contributed by atoms with Gasteiger partial charge in [0.1, 0.15) is 0 Å². The van der Waals surface area contributed by atoms with Crippen LogP contribution in [0.3, 0.4) is 0 Å². The second-order valence-electron chi connectivity index (χ2n) is 8.69. The second-order valence-corrected chi connectivity index (χ2v) is 10.6. The number of aryl methyl sites for hydroxylation is 1. The van der Waals surface area contributed by atoms with Crippen molar-refractivity contribution in [2.75, 3.05) is 31.6 Å². The molecule has 1 amide bonds. The Morgan fingerprint density at radius 1 is 1.06 bits per heavy atom. The summed E-state index contributed by atoms with van der Waals surface area (Å²) >= 11 is 0. The van der Waals surface area contributed by atoms with Crippen LogP contribution in [0.15, 0.2) is 53.4 Å². The number of hydrogen-bond acceptors (Lipinski definition) is 4. The number of rotatable bonds is 5. The summed E-state index contributed by atoms with van der Waals surface area (Å²) in [6.45, 7) is 9.72. The molecule has 0 bridgehead atoms. The van der Waals surface area contributed by atoms with E-state index in [-0.39, 0.29) is 16.2 Å². The summed E-state index contributed by atoms with van der Waals surface area (Å²) < 4.78 is 32.4. The van der Waals surface area contributed by atoms with Crippen LogP contribution in [0, 0.1) is 6.92 Å². The van der Waals surface area contributed by atoms with Gasteiger partial charge in [0.25, 0.3) is 0 Å². The van der Waals surface area contributed by atoms with E-state index < -0.39 is 10.0 Å². The lowest BCUT2D eigenvalue weighted by Crippen LogP contribution is -2.40. The third-order valence-electron chi connectivity index (χ3n) is 5.28. The Labute approximate surface area is 185 Å². The Morgan fingerprint density at radius 2 is 1.71 bits per heavy atom. The summed E-state index contributed by atoms with van der Waals surface area (Å²) in [5.74, 6) is -0.316. The quantitative estimate of drug-likeness (QED) is 0.711. The first-order chi connectivity index (χ1) is 14.6. The molecule has 0 radical (unpaired) electrons. The number of amides is 1. The van der Waals surface area contributed by atoms with Crippen LogP contribution in [0.5, 0.6) is 0 Å². The van der Waals surface area contributed by atoms with Gasteiger partial charge in [-0.1, -0.05) is 51.1 Å². The molecule has 0 saturated carbocycles. The van der Waals surface area contributed by atoms with E-state index in [4.69, 9.17) is 4.74 Å². The molecule has 31 heavy (non-hydrogen) atoms. The number of ether oxygens (including phenoxy) is 1. The predicted octanol–water partition coefficient (Wildman–Crippen LogP) is 3.97. The minimum Gasteiger partial charge on any atom is -0.379 e. The lowest BCUT2D eigenvalue weighted by Gasteiger charge is -2.26. The van der Waals surface area contributed by atoms with Crippen molar-refractivity contribution in [1.29, 1.82) is 0 Å². The van der Waals surface area contributed by atoms with Crippen LogP contribution in [0.1, 0.15) is 37.5 Å². The molecule has 2 aromatic rings. The number of anilines is 1. The Bertz CT molecular complexity index is 1060. The number of carbonyl (C=O) groups is 1. The molecule has 1 fully saturated rings. The standard InChI is InChI=1S/C24H30N2O4S/c1-18-5-11-21(31(28,29)26-13-15-30-16-14-26)17-22(18)25-23(27)12-8-19-6-9-20(10-7-19)24(2,3)4/h5-12,17H,13-16H2,1-4H3,(H,25,27)/b12-8+. The molecule has 0 atom stereocenters. The minimum atomic E-state index is -3.62. The topological polar surface area (TPSA) is 75.7 Å². The minimum absolute atomic E-state index is 0.0731. The Morgan fingerprint density at radius 3 is 2.32 bits per heavy atom. The smallest absolute Gasteiger partial charge is 0.248 e. The molecule has 0 spiro atoms. The van der Waals surface area contributed by atoms with Crippen LogP contribution in [0.2, 0.25) is 0 Å². The van der Waals surface area contributed by atoms with E-state index in [0.717, 1.165) is 11.1 Å². The molecule has 1 N–H and O–H groups in total. The number of hydrogen-bond donors (Lipinski definition) is 1. The first kappa shape index (κ1) is 23.2. The monoisotopic (exact) mass is 442 g/mol. The van der Waals surface area contributed by atoms with Crippen LogP contribution in [0.25, 0.3) is 6.08 Å². The summed E-state index contributed by atoms with van der Waals surface area (Å²) in [6, 6.07) is 12.9. The number of benzene rings is 2. The zero-order valence-electron chi connectivity index (χ0n) is 18.5. The molecular weight excluding hydrogens is 412 g/mol. The highest BCUT2D eigenvalue weighted by molar-refractivity contribution is 7.89. The van der Waals surface area contributed by atoms with E-state index in [1.54, 1.807) is 18.2 Å². The van der Waals surface area contributed by atoms with E-state index in [1.807, 2.05) is 19.1 Å². The highest BCUT2D eigenvalue weighted by Crippen LogP contribution is 2.24. The fourth-order valence-electron chi connectivity index (χ4n) is 3.27. The molecular formula is C24H30N2O4S. The van der Waals surface area contributed by atoms with Crippen molar-refractivity contribution in [3.05, 3.63) is 65.2 Å². The van der Waals surface area contributed by atoms with E-state index >= 15 is 0 Å². The summed E-state index contributed by atoms with van der Waals surface area (Å²) in [4.78, 5) is 12.6. The lowest BCUT2D eigenvalue weighted by atomic mass is 9.87. The zero-order chi connectivity index (χ0) is 22.6. The van der Waals surface area contributed by atoms with Crippen LogP contribution in [0.4, 0.5) is 5.69 Å². The average Bonchev–Trinajstić information content (AvgIpc) is 2.74. The second kappa shape index (κ2) is 9.34. The van der Waals surface area contributed by atoms with Crippen molar-refractivity contribution in [3.8, 4) is 0 Å². The van der Waals surface area contributed by atoms with Crippen molar-refractivity contribution in [3.63, 3.8) is 0 Å². The van der Waals surface area contributed by atoms with E-state index in [9.17, 15) is 13.2 Å². The number of nitrogens with zero attached hydrogens (tertiary/aromatic N) is 1. The highest BCUT2D eigenvalue weighted by atomic mass is 32.2. The molecule has 1 heterocycles. The van der Waals surface area contributed by atoms with Gasteiger partial charge in [-0.15, -0.1) is 0 Å². The normalized spacial score (nSPS) is 15.9. The molecule has 2 aromatic carbocycles. The van der Waals surface area contributed by atoms with Crippen molar-refractivity contribution < 1.29 is 17.9 Å². The maximum absolute atomic E-state index is 12.9. The number of nitrogens with one attached hydrogen (secondary N) is 1. The van der Waals surface area contributed by atoms with Crippen molar-refractivity contribution in [2.45, 2.75) is 38.0 Å². The van der Waals surface area contributed by atoms with E-state index in [1.165, 1.54) is 22.0 Å². The average molecular weight is 443 g/mol. The summed E-state index contributed by atoms with van der Waals surface area (Å²) in [5.41, 5.74) is 3.49. The largest absolute Gasteiger partial charge is 0.379 e. The van der Waals surface area contributed by atoms with Gasteiger partial charge in [-0.05, 0) is 47.2 Å². The third kappa shape index (κ3) is 5.81. The van der Waals surface area contributed by atoms with E-state index in [0.29, 0.717) is 32.0 Å². The van der Waals surface area contributed by atoms with Crippen LogP contribution in [-0.2, 0) is 25.0 Å². The fraction of sp³-hybridized carbons (Fsp3) is 0.375. The maximum Gasteiger partial charge on any atom is 0.248 e. The van der Waals surface area contributed by atoms with Gasteiger partial charge in [-0.3, -0.25) is 4.79 Å². The maximum atomic E-state index is 12.9.